The highest BCUT2D eigenvalue weighted by molar-refractivity contribution is 5.19. The van der Waals surface area contributed by atoms with Crippen LogP contribution in [0.2, 0.25) is 0 Å². The Labute approximate surface area is 85.9 Å². The second-order valence-electron chi connectivity index (χ2n) is 4.30. The molecule has 0 aromatic carbocycles. The van der Waals surface area contributed by atoms with Gasteiger partial charge in [0.2, 0.25) is 0 Å². The first kappa shape index (κ1) is 9.94. The molecule has 0 amide bonds. The first-order valence-electron chi connectivity index (χ1n) is 5.54. The Morgan fingerprint density at radius 1 is 1.43 bits per heavy atom. The van der Waals surface area contributed by atoms with Crippen LogP contribution in [0.5, 0.6) is 0 Å². The predicted octanol–water partition coefficient (Wildman–Crippen LogP) is 1.57. The normalized spacial score (nSPS) is 30.3. The van der Waals surface area contributed by atoms with Crippen molar-refractivity contribution in [2.24, 2.45) is 5.92 Å². The van der Waals surface area contributed by atoms with Crippen molar-refractivity contribution in [2.45, 2.75) is 31.8 Å². The molecule has 0 radical (unpaired) electrons. The van der Waals surface area contributed by atoms with Crippen molar-refractivity contribution in [2.75, 3.05) is 13.2 Å². The van der Waals surface area contributed by atoms with E-state index in [0.29, 0.717) is 24.6 Å². The number of rotatable bonds is 3. The van der Waals surface area contributed by atoms with E-state index in [1.165, 1.54) is 6.42 Å². The monoisotopic (exact) mass is 193 g/mol. The third-order valence-electron chi connectivity index (χ3n) is 3.49. The Bertz CT molecular complexity index is 235. The zero-order valence-corrected chi connectivity index (χ0v) is 8.76. The Hall–Kier alpha value is -0.600. The minimum absolute atomic E-state index is 0.310. The molecule has 0 saturated carbocycles. The second-order valence-corrected chi connectivity index (χ2v) is 4.30. The first-order valence-corrected chi connectivity index (χ1v) is 5.54. The number of nitrogens with zero attached hydrogens (tertiary/aromatic N) is 1. The number of likely N-dealkylation sites (tertiary alicyclic amines) is 1. The summed E-state index contributed by atoms with van der Waals surface area (Å²) in [5.41, 5.74) is 0. The molecule has 1 heterocycles. The molecule has 14 heavy (non-hydrogen) atoms. The van der Waals surface area contributed by atoms with E-state index < -0.39 is 0 Å². The van der Waals surface area contributed by atoms with Crippen LogP contribution < -0.4 is 0 Å². The van der Waals surface area contributed by atoms with Crippen molar-refractivity contribution >= 4 is 0 Å². The molecular formula is C12H19NO. The summed E-state index contributed by atoms with van der Waals surface area (Å²) in [6.07, 6.45) is 11.1. The lowest BCUT2D eigenvalue weighted by molar-refractivity contribution is 0.115. The molecule has 0 unspecified atom stereocenters. The summed E-state index contributed by atoms with van der Waals surface area (Å²) < 4.78 is 0. The molecule has 0 spiro atoms. The largest absolute Gasteiger partial charge is 0.395 e. The van der Waals surface area contributed by atoms with Crippen molar-refractivity contribution in [3.63, 3.8) is 0 Å². The average Bonchev–Trinajstić information content (AvgIpc) is 2.87. The molecule has 0 bridgehead atoms. The number of aliphatic hydroxyl groups excluding tert-OH is 1. The lowest BCUT2D eigenvalue weighted by Gasteiger charge is -2.32. The van der Waals surface area contributed by atoms with E-state index >= 15 is 0 Å². The van der Waals surface area contributed by atoms with Gasteiger partial charge in [0.05, 0.1) is 6.61 Å². The van der Waals surface area contributed by atoms with Gasteiger partial charge in [0.1, 0.15) is 0 Å². The summed E-state index contributed by atoms with van der Waals surface area (Å²) in [5.74, 6) is 0.544. The van der Waals surface area contributed by atoms with E-state index in [2.05, 4.69) is 36.1 Å². The molecule has 1 N–H and O–H groups in total. The topological polar surface area (TPSA) is 23.5 Å². The average molecular weight is 193 g/mol. The zero-order valence-electron chi connectivity index (χ0n) is 8.76. The van der Waals surface area contributed by atoms with E-state index in [0.717, 1.165) is 13.0 Å². The maximum atomic E-state index is 9.25. The maximum Gasteiger partial charge on any atom is 0.0586 e. The molecule has 78 valence electrons. The van der Waals surface area contributed by atoms with Crippen LogP contribution in [0.15, 0.2) is 24.3 Å². The summed E-state index contributed by atoms with van der Waals surface area (Å²) in [6, 6.07) is 0.928. The predicted molar refractivity (Wildman–Crippen MR) is 58.0 cm³/mol. The van der Waals surface area contributed by atoms with Crippen LogP contribution in [0.4, 0.5) is 0 Å². The maximum absolute atomic E-state index is 9.25. The number of hydrogen-bond acceptors (Lipinski definition) is 2. The van der Waals surface area contributed by atoms with Crippen LogP contribution in [0.25, 0.3) is 0 Å². The Morgan fingerprint density at radius 3 is 2.79 bits per heavy atom. The van der Waals surface area contributed by atoms with Crippen LogP contribution in [-0.2, 0) is 0 Å². The van der Waals surface area contributed by atoms with E-state index in [1.54, 1.807) is 0 Å². The SMILES string of the molecule is C[C@@H](C1C=CC=C1)N1CCC[C@H]1CO. The van der Waals surface area contributed by atoms with Crippen LogP contribution >= 0.6 is 0 Å². The molecule has 1 aliphatic carbocycles. The van der Waals surface area contributed by atoms with Gasteiger partial charge in [0, 0.05) is 18.0 Å². The summed E-state index contributed by atoms with van der Waals surface area (Å²) in [5, 5.41) is 9.25. The van der Waals surface area contributed by atoms with Gasteiger partial charge < -0.3 is 5.11 Å². The molecule has 1 aliphatic heterocycles. The van der Waals surface area contributed by atoms with E-state index in [9.17, 15) is 5.11 Å². The molecule has 2 rings (SSSR count). The molecule has 2 nitrogen and oxygen atoms in total. The summed E-state index contributed by atoms with van der Waals surface area (Å²) in [6.45, 7) is 3.72. The molecular weight excluding hydrogens is 174 g/mol. The van der Waals surface area contributed by atoms with Crippen molar-refractivity contribution in [1.82, 2.24) is 4.90 Å². The van der Waals surface area contributed by atoms with Gasteiger partial charge in [0.25, 0.3) is 0 Å². The van der Waals surface area contributed by atoms with Gasteiger partial charge in [-0.05, 0) is 26.3 Å². The number of hydrogen-bond donors (Lipinski definition) is 1. The minimum Gasteiger partial charge on any atom is -0.395 e. The van der Waals surface area contributed by atoms with Gasteiger partial charge in [-0.25, -0.2) is 0 Å². The number of allylic oxidation sites excluding steroid dienone is 2. The molecule has 1 saturated heterocycles. The summed E-state index contributed by atoms with van der Waals surface area (Å²) in [7, 11) is 0. The fourth-order valence-electron chi connectivity index (χ4n) is 2.58. The Kier molecular flexibility index (Phi) is 3.04. The molecule has 2 atom stereocenters. The third-order valence-corrected chi connectivity index (χ3v) is 3.49. The third kappa shape index (κ3) is 1.77. The highest BCUT2D eigenvalue weighted by Gasteiger charge is 2.30. The van der Waals surface area contributed by atoms with Gasteiger partial charge in [-0.2, -0.15) is 0 Å². The zero-order chi connectivity index (χ0) is 9.97. The molecule has 2 aliphatic rings. The quantitative estimate of drug-likeness (QED) is 0.735. The van der Waals surface area contributed by atoms with Crippen LogP contribution in [0.3, 0.4) is 0 Å². The molecule has 2 heteroatoms. The van der Waals surface area contributed by atoms with Gasteiger partial charge >= 0.3 is 0 Å². The van der Waals surface area contributed by atoms with E-state index in [4.69, 9.17) is 0 Å². The van der Waals surface area contributed by atoms with Crippen LogP contribution in [0, 0.1) is 5.92 Å². The van der Waals surface area contributed by atoms with Gasteiger partial charge in [0.15, 0.2) is 0 Å². The van der Waals surface area contributed by atoms with Crippen molar-refractivity contribution in [3.05, 3.63) is 24.3 Å². The Balaban J connectivity index is 1.99. The van der Waals surface area contributed by atoms with Gasteiger partial charge in [-0.3, -0.25) is 4.90 Å². The van der Waals surface area contributed by atoms with Crippen LogP contribution in [0.1, 0.15) is 19.8 Å². The van der Waals surface area contributed by atoms with Crippen molar-refractivity contribution < 1.29 is 5.11 Å². The van der Waals surface area contributed by atoms with E-state index in [1.807, 2.05) is 0 Å². The fourth-order valence-corrected chi connectivity index (χ4v) is 2.58. The van der Waals surface area contributed by atoms with Crippen LogP contribution in [-0.4, -0.2) is 35.2 Å². The molecule has 0 aromatic rings. The van der Waals surface area contributed by atoms with Crippen molar-refractivity contribution in [3.8, 4) is 0 Å². The Morgan fingerprint density at radius 2 is 2.14 bits per heavy atom. The summed E-state index contributed by atoms with van der Waals surface area (Å²) >= 11 is 0. The second kappa shape index (κ2) is 4.28. The smallest absolute Gasteiger partial charge is 0.0586 e. The first-order chi connectivity index (χ1) is 6.83. The number of aliphatic hydroxyl groups is 1. The highest BCUT2D eigenvalue weighted by Crippen LogP contribution is 2.26. The van der Waals surface area contributed by atoms with Crippen molar-refractivity contribution in [1.29, 1.82) is 0 Å². The molecule has 0 aromatic heterocycles. The lowest BCUT2D eigenvalue weighted by atomic mass is 10.0. The summed E-state index contributed by atoms with van der Waals surface area (Å²) in [4.78, 5) is 2.45. The molecule has 1 fully saturated rings. The standard InChI is InChI=1S/C12H19NO/c1-10(11-5-2-3-6-11)13-8-4-7-12(13)9-14/h2-3,5-6,10-12,14H,4,7-9H2,1H3/t10-,12-/m0/s1. The minimum atomic E-state index is 0.310. The highest BCUT2D eigenvalue weighted by atomic mass is 16.3. The van der Waals surface area contributed by atoms with Gasteiger partial charge in [-0.1, -0.05) is 24.3 Å². The van der Waals surface area contributed by atoms with Gasteiger partial charge in [-0.15, -0.1) is 0 Å². The fraction of sp³-hybridized carbons (Fsp3) is 0.667. The van der Waals surface area contributed by atoms with E-state index in [-0.39, 0.29) is 0 Å². The lowest BCUT2D eigenvalue weighted by Crippen LogP contribution is -2.42.